The molecule has 158 valence electrons. The van der Waals surface area contributed by atoms with E-state index < -0.39 is 0 Å². The average Bonchev–Trinajstić information content (AvgIpc) is 3.09. The Morgan fingerprint density at radius 2 is 1.79 bits per heavy atom. The molecule has 0 aliphatic carbocycles. The summed E-state index contributed by atoms with van der Waals surface area (Å²) < 4.78 is 10.5. The lowest BCUT2D eigenvalue weighted by molar-refractivity contribution is -0.149. The van der Waals surface area contributed by atoms with Gasteiger partial charge in [0, 0.05) is 31.7 Å². The van der Waals surface area contributed by atoms with Crippen LogP contribution in [0.25, 0.3) is 0 Å². The molecule has 0 aromatic heterocycles. The second-order valence-electron chi connectivity index (χ2n) is 7.30. The van der Waals surface area contributed by atoms with Crippen LogP contribution in [0, 0.1) is 5.92 Å². The number of anilines is 1. The maximum absolute atomic E-state index is 12.6. The van der Waals surface area contributed by atoms with E-state index >= 15 is 0 Å². The largest absolute Gasteiger partial charge is 0.494 e. The Morgan fingerprint density at radius 1 is 1.10 bits per heavy atom. The third kappa shape index (κ3) is 5.19. The summed E-state index contributed by atoms with van der Waals surface area (Å²) in [5.41, 5.74) is 0.797. The number of amides is 3. The van der Waals surface area contributed by atoms with Gasteiger partial charge in [0.2, 0.25) is 5.91 Å². The van der Waals surface area contributed by atoms with Gasteiger partial charge >= 0.3 is 12.0 Å². The first-order valence-corrected chi connectivity index (χ1v) is 10.3. The normalized spacial score (nSPS) is 19.9. The molecule has 3 amide bonds. The van der Waals surface area contributed by atoms with Crippen LogP contribution >= 0.6 is 0 Å². The Kier molecular flexibility index (Phi) is 6.95. The summed E-state index contributed by atoms with van der Waals surface area (Å²) in [7, 11) is 0. The third-order valence-corrected chi connectivity index (χ3v) is 5.31. The van der Waals surface area contributed by atoms with Crippen molar-refractivity contribution in [2.75, 3.05) is 37.7 Å². The Labute approximate surface area is 171 Å². The van der Waals surface area contributed by atoms with Crippen molar-refractivity contribution in [2.24, 2.45) is 5.92 Å². The number of nitrogens with zero attached hydrogens (tertiary/aromatic N) is 2. The lowest BCUT2D eigenvalue weighted by Crippen LogP contribution is -2.49. The van der Waals surface area contributed by atoms with E-state index in [0.717, 1.165) is 11.4 Å². The molecule has 1 aromatic rings. The highest BCUT2D eigenvalue weighted by molar-refractivity contribution is 5.96. The van der Waals surface area contributed by atoms with Crippen LogP contribution in [0.15, 0.2) is 24.3 Å². The molecule has 8 nitrogen and oxygen atoms in total. The van der Waals surface area contributed by atoms with Gasteiger partial charge in [0.15, 0.2) is 0 Å². The molecule has 0 bridgehead atoms. The molecule has 2 fully saturated rings. The molecule has 1 atom stereocenters. The first-order chi connectivity index (χ1) is 14.0. The molecule has 0 saturated carbocycles. The van der Waals surface area contributed by atoms with Gasteiger partial charge in [-0.3, -0.25) is 9.59 Å². The quantitative estimate of drug-likeness (QED) is 0.736. The van der Waals surface area contributed by atoms with Crippen LogP contribution in [0.5, 0.6) is 5.75 Å². The number of rotatable bonds is 6. The lowest BCUT2D eigenvalue weighted by Gasteiger charge is -2.31. The Morgan fingerprint density at radius 3 is 2.41 bits per heavy atom. The zero-order valence-electron chi connectivity index (χ0n) is 17.1. The summed E-state index contributed by atoms with van der Waals surface area (Å²) in [5.74, 6) is 0.432. The third-order valence-electron chi connectivity index (χ3n) is 5.31. The van der Waals surface area contributed by atoms with Gasteiger partial charge in [0.05, 0.1) is 25.2 Å². The summed E-state index contributed by atoms with van der Waals surface area (Å²) in [6.45, 7) is 6.15. The molecule has 2 saturated heterocycles. The molecule has 1 aromatic carbocycles. The van der Waals surface area contributed by atoms with Crippen molar-refractivity contribution in [1.29, 1.82) is 0 Å². The topological polar surface area (TPSA) is 88.2 Å². The number of esters is 1. The number of ether oxygens (including phenoxy) is 2. The van der Waals surface area contributed by atoms with Crippen LogP contribution in [0.2, 0.25) is 0 Å². The number of hydrogen-bond acceptors (Lipinski definition) is 5. The predicted octanol–water partition coefficient (Wildman–Crippen LogP) is 2.18. The first kappa shape index (κ1) is 21.0. The Balaban J connectivity index is 1.49. The van der Waals surface area contributed by atoms with Crippen molar-refractivity contribution in [3.63, 3.8) is 0 Å². The minimum Gasteiger partial charge on any atom is -0.494 e. The molecule has 3 rings (SSSR count). The molecular formula is C21H29N3O5. The van der Waals surface area contributed by atoms with Crippen LogP contribution < -0.4 is 15.0 Å². The van der Waals surface area contributed by atoms with E-state index in [4.69, 9.17) is 9.47 Å². The van der Waals surface area contributed by atoms with E-state index in [1.807, 2.05) is 31.2 Å². The number of benzene rings is 1. The van der Waals surface area contributed by atoms with E-state index in [-0.39, 0.29) is 36.3 Å². The van der Waals surface area contributed by atoms with Crippen molar-refractivity contribution in [1.82, 2.24) is 10.2 Å². The molecule has 2 aliphatic heterocycles. The van der Waals surface area contributed by atoms with Gasteiger partial charge in [0.1, 0.15) is 5.75 Å². The molecule has 0 radical (unpaired) electrons. The zero-order chi connectivity index (χ0) is 20.8. The maximum atomic E-state index is 12.6. The summed E-state index contributed by atoms with van der Waals surface area (Å²) in [5, 5.41) is 2.96. The number of likely N-dealkylation sites (tertiary alicyclic amines) is 1. The van der Waals surface area contributed by atoms with Crippen molar-refractivity contribution in [3.8, 4) is 5.75 Å². The smallest absolute Gasteiger partial charge is 0.317 e. The van der Waals surface area contributed by atoms with Gasteiger partial charge in [-0.2, -0.15) is 0 Å². The standard InChI is InChI=1S/C21H29N3O5/c1-3-28-18-7-5-17(6-8-18)24-14-16(13-19(24)25)22-21(27)23-11-9-15(10-12-23)20(26)29-4-2/h5-8,15-16H,3-4,9-14H2,1-2H3,(H,22,27)/t16-/m1/s1. The monoisotopic (exact) mass is 403 g/mol. The molecule has 2 aliphatic rings. The molecule has 0 unspecified atom stereocenters. The summed E-state index contributed by atoms with van der Waals surface area (Å²) in [6.07, 6.45) is 1.49. The van der Waals surface area contributed by atoms with E-state index in [1.165, 1.54) is 0 Å². The number of piperidine rings is 1. The zero-order valence-corrected chi connectivity index (χ0v) is 17.1. The Bertz CT molecular complexity index is 728. The second-order valence-corrected chi connectivity index (χ2v) is 7.30. The minimum absolute atomic E-state index is 0.0134. The predicted molar refractivity (Wildman–Crippen MR) is 108 cm³/mol. The van der Waals surface area contributed by atoms with E-state index in [9.17, 15) is 14.4 Å². The fourth-order valence-corrected chi connectivity index (χ4v) is 3.79. The first-order valence-electron chi connectivity index (χ1n) is 10.3. The van der Waals surface area contributed by atoms with E-state index in [1.54, 1.807) is 16.7 Å². The van der Waals surface area contributed by atoms with Crippen molar-refractivity contribution < 1.29 is 23.9 Å². The van der Waals surface area contributed by atoms with Gasteiger partial charge in [-0.25, -0.2) is 4.79 Å². The van der Waals surface area contributed by atoms with Gasteiger partial charge in [-0.1, -0.05) is 0 Å². The number of urea groups is 1. The van der Waals surface area contributed by atoms with Crippen molar-refractivity contribution in [2.45, 2.75) is 39.2 Å². The molecule has 0 spiro atoms. The maximum Gasteiger partial charge on any atom is 0.317 e. The van der Waals surface area contributed by atoms with Crippen molar-refractivity contribution >= 4 is 23.6 Å². The van der Waals surface area contributed by atoms with Crippen LogP contribution in [-0.2, 0) is 14.3 Å². The van der Waals surface area contributed by atoms with E-state index in [0.29, 0.717) is 45.7 Å². The number of carbonyl (C=O) groups is 3. The Hall–Kier alpha value is -2.77. The summed E-state index contributed by atoms with van der Waals surface area (Å²) in [4.78, 5) is 40.2. The fraction of sp³-hybridized carbons (Fsp3) is 0.571. The summed E-state index contributed by atoms with van der Waals surface area (Å²) >= 11 is 0. The van der Waals surface area contributed by atoms with Crippen molar-refractivity contribution in [3.05, 3.63) is 24.3 Å². The van der Waals surface area contributed by atoms with Gasteiger partial charge in [-0.15, -0.1) is 0 Å². The highest BCUT2D eigenvalue weighted by Gasteiger charge is 2.34. The van der Waals surface area contributed by atoms with Gasteiger partial charge < -0.3 is 24.6 Å². The van der Waals surface area contributed by atoms with Gasteiger partial charge in [-0.05, 0) is 51.0 Å². The second kappa shape index (κ2) is 9.62. The highest BCUT2D eigenvalue weighted by Crippen LogP contribution is 2.25. The average molecular weight is 403 g/mol. The lowest BCUT2D eigenvalue weighted by atomic mass is 9.97. The number of carbonyl (C=O) groups excluding carboxylic acids is 3. The number of nitrogens with one attached hydrogen (secondary N) is 1. The van der Waals surface area contributed by atoms with E-state index in [2.05, 4.69) is 5.32 Å². The molecule has 8 heteroatoms. The van der Waals surface area contributed by atoms with Crippen LogP contribution in [0.1, 0.15) is 33.1 Å². The van der Waals surface area contributed by atoms with Crippen LogP contribution in [-0.4, -0.2) is 61.7 Å². The number of hydrogen-bond donors (Lipinski definition) is 1. The SMILES string of the molecule is CCOC(=O)C1CCN(C(=O)N[C@@H]2CC(=O)N(c3ccc(OCC)cc3)C2)CC1. The molecule has 29 heavy (non-hydrogen) atoms. The molecule has 2 heterocycles. The van der Waals surface area contributed by atoms with Gasteiger partial charge in [0.25, 0.3) is 0 Å². The fourth-order valence-electron chi connectivity index (χ4n) is 3.79. The summed E-state index contributed by atoms with van der Waals surface area (Å²) in [6, 6.07) is 6.97. The van der Waals surface area contributed by atoms with Crippen LogP contribution in [0.3, 0.4) is 0 Å². The van der Waals surface area contributed by atoms with Crippen LogP contribution in [0.4, 0.5) is 10.5 Å². The highest BCUT2D eigenvalue weighted by atomic mass is 16.5. The molecular weight excluding hydrogens is 374 g/mol. The minimum atomic E-state index is -0.232. The molecule has 1 N–H and O–H groups in total.